The SMILES string of the molecule is CC(C)(CC(=O)O)CC(=O)NC(=O)NCC1(C)CC1. The van der Waals surface area contributed by atoms with Crippen molar-refractivity contribution in [3.63, 3.8) is 0 Å². The molecule has 0 aromatic carbocycles. The fourth-order valence-corrected chi connectivity index (χ4v) is 1.81. The van der Waals surface area contributed by atoms with Gasteiger partial charge >= 0.3 is 12.0 Å². The van der Waals surface area contributed by atoms with Gasteiger partial charge in [0.2, 0.25) is 5.91 Å². The van der Waals surface area contributed by atoms with E-state index in [4.69, 9.17) is 5.11 Å². The number of nitrogens with one attached hydrogen (secondary N) is 2. The molecule has 0 aromatic heterocycles. The molecule has 0 radical (unpaired) electrons. The minimum absolute atomic E-state index is 0.00396. The van der Waals surface area contributed by atoms with Gasteiger partial charge in [0.1, 0.15) is 0 Å². The standard InChI is InChI=1S/C13H22N2O4/c1-12(2,7-10(17)18)6-9(16)15-11(19)14-8-13(3)4-5-13/h4-8H2,1-3H3,(H,17,18)(H2,14,15,16,19). The lowest BCUT2D eigenvalue weighted by molar-refractivity contribution is -0.139. The highest BCUT2D eigenvalue weighted by Gasteiger charge is 2.37. The van der Waals surface area contributed by atoms with Crippen LogP contribution in [0.3, 0.4) is 0 Å². The fourth-order valence-electron chi connectivity index (χ4n) is 1.81. The van der Waals surface area contributed by atoms with Crippen molar-refractivity contribution in [2.24, 2.45) is 10.8 Å². The minimum atomic E-state index is -0.955. The molecule has 3 amide bonds. The van der Waals surface area contributed by atoms with E-state index in [0.717, 1.165) is 12.8 Å². The summed E-state index contributed by atoms with van der Waals surface area (Å²) in [4.78, 5) is 33.7. The topological polar surface area (TPSA) is 95.5 Å². The van der Waals surface area contributed by atoms with Gasteiger partial charge in [-0.15, -0.1) is 0 Å². The summed E-state index contributed by atoms with van der Waals surface area (Å²) in [5, 5.41) is 13.6. The van der Waals surface area contributed by atoms with Crippen LogP contribution in [0.5, 0.6) is 0 Å². The first kappa shape index (κ1) is 15.5. The first-order valence-corrected chi connectivity index (χ1v) is 6.41. The van der Waals surface area contributed by atoms with E-state index in [1.54, 1.807) is 13.8 Å². The van der Waals surface area contributed by atoms with Crippen LogP contribution in [0.4, 0.5) is 4.79 Å². The summed E-state index contributed by atoms with van der Waals surface area (Å²) in [7, 11) is 0. The van der Waals surface area contributed by atoms with Crippen molar-refractivity contribution < 1.29 is 19.5 Å². The maximum atomic E-state index is 11.6. The molecule has 0 atom stereocenters. The lowest BCUT2D eigenvalue weighted by atomic mass is 9.85. The van der Waals surface area contributed by atoms with Gasteiger partial charge in [-0.3, -0.25) is 14.9 Å². The lowest BCUT2D eigenvalue weighted by Gasteiger charge is -2.21. The van der Waals surface area contributed by atoms with Crippen molar-refractivity contribution in [3.8, 4) is 0 Å². The highest BCUT2D eigenvalue weighted by atomic mass is 16.4. The molecule has 108 valence electrons. The Morgan fingerprint density at radius 2 is 1.79 bits per heavy atom. The van der Waals surface area contributed by atoms with Crippen LogP contribution in [-0.2, 0) is 9.59 Å². The van der Waals surface area contributed by atoms with Crippen molar-refractivity contribution in [2.45, 2.75) is 46.5 Å². The van der Waals surface area contributed by atoms with Crippen molar-refractivity contribution in [3.05, 3.63) is 0 Å². The van der Waals surface area contributed by atoms with Gasteiger partial charge in [0.15, 0.2) is 0 Å². The molecule has 0 heterocycles. The third-order valence-electron chi connectivity index (χ3n) is 3.30. The molecular weight excluding hydrogens is 248 g/mol. The van der Waals surface area contributed by atoms with Crippen LogP contribution >= 0.6 is 0 Å². The summed E-state index contributed by atoms with van der Waals surface area (Å²) in [5.74, 6) is -1.41. The van der Waals surface area contributed by atoms with Crippen molar-refractivity contribution >= 4 is 17.9 Å². The second-order valence-electron chi connectivity index (χ2n) is 6.45. The Kier molecular flexibility index (Phi) is 4.55. The number of carboxylic acids is 1. The number of hydrogen-bond donors (Lipinski definition) is 3. The summed E-state index contributed by atoms with van der Waals surface area (Å²) in [6, 6.07) is -0.510. The molecule has 1 aliphatic rings. The van der Waals surface area contributed by atoms with Crippen LogP contribution in [0.1, 0.15) is 46.5 Å². The molecule has 0 spiro atoms. The number of amides is 3. The van der Waals surface area contributed by atoms with Crippen LogP contribution in [-0.4, -0.2) is 29.6 Å². The Labute approximate surface area is 112 Å². The molecule has 0 aromatic rings. The van der Waals surface area contributed by atoms with Gasteiger partial charge in [-0.2, -0.15) is 0 Å². The molecule has 3 N–H and O–H groups in total. The molecule has 1 fully saturated rings. The average molecular weight is 270 g/mol. The fraction of sp³-hybridized carbons (Fsp3) is 0.769. The van der Waals surface area contributed by atoms with E-state index in [-0.39, 0.29) is 18.3 Å². The van der Waals surface area contributed by atoms with Crippen LogP contribution < -0.4 is 10.6 Å². The van der Waals surface area contributed by atoms with Crippen molar-refractivity contribution in [1.29, 1.82) is 0 Å². The zero-order valence-corrected chi connectivity index (χ0v) is 11.7. The number of carbonyl (C=O) groups is 3. The third-order valence-corrected chi connectivity index (χ3v) is 3.30. The van der Waals surface area contributed by atoms with Gasteiger partial charge in [-0.1, -0.05) is 20.8 Å². The minimum Gasteiger partial charge on any atom is -0.481 e. The van der Waals surface area contributed by atoms with E-state index in [1.165, 1.54) is 0 Å². The van der Waals surface area contributed by atoms with Gasteiger partial charge in [0.05, 0.1) is 6.42 Å². The Bertz CT molecular complexity index is 386. The van der Waals surface area contributed by atoms with Gasteiger partial charge in [-0.25, -0.2) is 4.79 Å². The molecule has 19 heavy (non-hydrogen) atoms. The smallest absolute Gasteiger partial charge is 0.321 e. The van der Waals surface area contributed by atoms with Gasteiger partial charge in [-0.05, 0) is 23.7 Å². The molecule has 0 saturated heterocycles. The summed E-state index contributed by atoms with van der Waals surface area (Å²) >= 11 is 0. The van der Waals surface area contributed by atoms with E-state index < -0.39 is 23.3 Å². The Balaban J connectivity index is 2.29. The molecule has 6 heteroatoms. The monoisotopic (exact) mass is 270 g/mol. The first-order valence-electron chi connectivity index (χ1n) is 6.41. The molecule has 0 bridgehead atoms. The number of aliphatic carboxylic acids is 1. The molecule has 0 unspecified atom stereocenters. The second kappa shape index (κ2) is 5.59. The van der Waals surface area contributed by atoms with Crippen molar-refractivity contribution in [2.75, 3.05) is 6.54 Å². The molecule has 1 aliphatic carbocycles. The van der Waals surface area contributed by atoms with Crippen LogP contribution in [0.25, 0.3) is 0 Å². The molecule has 0 aliphatic heterocycles. The van der Waals surface area contributed by atoms with E-state index >= 15 is 0 Å². The number of rotatable bonds is 6. The number of carbonyl (C=O) groups excluding carboxylic acids is 2. The van der Waals surface area contributed by atoms with Crippen LogP contribution in [0.2, 0.25) is 0 Å². The number of hydrogen-bond acceptors (Lipinski definition) is 3. The second-order valence-corrected chi connectivity index (χ2v) is 6.45. The van der Waals surface area contributed by atoms with Crippen LogP contribution in [0.15, 0.2) is 0 Å². The van der Waals surface area contributed by atoms with Crippen LogP contribution in [0, 0.1) is 10.8 Å². The third kappa shape index (κ3) is 6.22. The summed E-state index contributed by atoms with van der Waals surface area (Å²) in [6.45, 7) is 6.00. The summed E-state index contributed by atoms with van der Waals surface area (Å²) in [6.07, 6.45) is 2.07. The van der Waals surface area contributed by atoms with E-state index in [1.807, 2.05) is 0 Å². The zero-order valence-electron chi connectivity index (χ0n) is 11.7. The van der Waals surface area contributed by atoms with E-state index in [2.05, 4.69) is 17.6 Å². The first-order chi connectivity index (χ1) is 8.62. The lowest BCUT2D eigenvalue weighted by Crippen LogP contribution is -2.42. The molecule has 1 saturated carbocycles. The maximum absolute atomic E-state index is 11.6. The summed E-state index contributed by atoms with van der Waals surface area (Å²) < 4.78 is 0. The predicted molar refractivity (Wildman–Crippen MR) is 69.5 cm³/mol. The predicted octanol–water partition coefficient (Wildman–Crippen LogP) is 1.50. The Morgan fingerprint density at radius 1 is 1.21 bits per heavy atom. The Morgan fingerprint density at radius 3 is 2.26 bits per heavy atom. The summed E-state index contributed by atoms with van der Waals surface area (Å²) in [5.41, 5.74) is -0.484. The molecular formula is C13H22N2O4. The highest BCUT2D eigenvalue weighted by molar-refractivity contribution is 5.94. The maximum Gasteiger partial charge on any atom is 0.321 e. The van der Waals surface area contributed by atoms with Gasteiger partial charge < -0.3 is 10.4 Å². The van der Waals surface area contributed by atoms with E-state index in [0.29, 0.717) is 6.54 Å². The normalized spacial score (nSPS) is 16.6. The number of urea groups is 1. The van der Waals surface area contributed by atoms with Gasteiger partial charge in [0, 0.05) is 13.0 Å². The number of imide groups is 1. The molecule has 6 nitrogen and oxygen atoms in total. The highest BCUT2D eigenvalue weighted by Crippen LogP contribution is 2.43. The quantitative estimate of drug-likeness (QED) is 0.681. The zero-order chi connectivity index (χ0) is 14.7. The Hall–Kier alpha value is -1.59. The number of carboxylic acid groups (broad SMARTS) is 1. The largest absolute Gasteiger partial charge is 0.481 e. The van der Waals surface area contributed by atoms with Gasteiger partial charge in [0.25, 0.3) is 0 Å². The average Bonchev–Trinajstić information content (AvgIpc) is 2.91. The van der Waals surface area contributed by atoms with E-state index in [9.17, 15) is 14.4 Å². The molecule has 1 rings (SSSR count). The van der Waals surface area contributed by atoms with Crippen molar-refractivity contribution in [1.82, 2.24) is 10.6 Å².